The van der Waals surface area contributed by atoms with Crippen LogP contribution in [0, 0.1) is 17.0 Å². The standard InChI is InChI=1S/C14H12N2O4/c1-9-8-10(6-7-11(9)14(17)18)15-12-4-2-3-5-13(12)16(19)20/h2-8,15H,1H3,(H,17,18). The van der Waals surface area contributed by atoms with Crippen molar-refractivity contribution in [2.75, 3.05) is 5.32 Å². The van der Waals surface area contributed by atoms with Gasteiger partial charge in [-0.25, -0.2) is 4.79 Å². The van der Waals surface area contributed by atoms with Crippen LogP contribution in [-0.4, -0.2) is 16.0 Å². The van der Waals surface area contributed by atoms with Crippen LogP contribution in [0.15, 0.2) is 42.5 Å². The van der Waals surface area contributed by atoms with Gasteiger partial charge in [0.05, 0.1) is 10.5 Å². The zero-order chi connectivity index (χ0) is 14.7. The summed E-state index contributed by atoms with van der Waals surface area (Å²) in [5.74, 6) is -1.00. The lowest BCUT2D eigenvalue weighted by molar-refractivity contribution is -0.383. The van der Waals surface area contributed by atoms with Crippen LogP contribution in [0.4, 0.5) is 17.1 Å². The Morgan fingerprint density at radius 2 is 1.95 bits per heavy atom. The normalized spacial score (nSPS) is 10.1. The summed E-state index contributed by atoms with van der Waals surface area (Å²) in [5.41, 5.74) is 1.72. The minimum atomic E-state index is -1.00. The van der Waals surface area contributed by atoms with Crippen LogP contribution in [0.1, 0.15) is 15.9 Å². The number of carboxylic acid groups (broad SMARTS) is 1. The summed E-state index contributed by atoms with van der Waals surface area (Å²) < 4.78 is 0. The molecule has 0 aromatic heterocycles. The largest absolute Gasteiger partial charge is 0.478 e. The summed E-state index contributed by atoms with van der Waals surface area (Å²) in [6.45, 7) is 1.67. The molecule has 20 heavy (non-hydrogen) atoms. The van der Waals surface area contributed by atoms with E-state index in [-0.39, 0.29) is 11.3 Å². The van der Waals surface area contributed by atoms with Crippen molar-refractivity contribution in [3.8, 4) is 0 Å². The van der Waals surface area contributed by atoms with E-state index in [0.29, 0.717) is 16.9 Å². The number of carbonyl (C=O) groups is 1. The fourth-order valence-electron chi connectivity index (χ4n) is 1.88. The number of aromatic carboxylic acids is 1. The maximum atomic E-state index is 10.9. The Kier molecular flexibility index (Phi) is 3.65. The average Bonchev–Trinajstić information content (AvgIpc) is 2.38. The number of nitrogens with zero attached hydrogens (tertiary/aromatic N) is 1. The number of nitrogens with one attached hydrogen (secondary N) is 1. The van der Waals surface area contributed by atoms with E-state index in [2.05, 4.69) is 5.32 Å². The first-order chi connectivity index (χ1) is 9.49. The topological polar surface area (TPSA) is 92.5 Å². The molecule has 0 atom stereocenters. The van der Waals surface area contributed by atoms with Crippen LogP contribution in [0.5, 0.6) is 0 Å². The molecule has 0 fully saturated rings. The third kappa shape index (κ3) is 2.74. The summed E-state index contributed by atoms with van der Waals surface area (Å²) in [7, 11) is 0. The molecule has 0 aliphatic rings. The number of carboxylic acids is 1. The Morgan fingerprint density at radius 1 is 1.25 bits per heavy atom. The van der Waals surface area contributed by atoms with E-state index in [1.807, 2.05) is 0 Å². The van der Waals surface area contributed by atoms with E-state index in [0.717, 1.165) is 0 Å². The Morgan fingerprint density at radius 3 is 2.55 bits per heavy atom. The van der Waals surface area contributed by atoms with Crippen LogP contribution in [0.2, 0.25) is 0 Å². The van der Waals surface area contributed by atoms with Gasteiger partial charge in [0.2, 0.25) is 0 Å². The number of nitro benzene ring substituents is 1. The molecule has 0 saturated carbocycles. The minimum Gasteiger partial charge on any atom is -0.478 e. The average molecular weight is 272 g/mol. The third-order valence-electron chi connectivity index (χ3n) is 2.84. The molecule has 2 rings (SSSR count). The Balaban J connectivity index is 2.34. The van der Waals surface area contributed by atoms with Gasteiger partial charge in [-0.3, -0.25) is 10.1 Å². The van der Waals surface area contributed by atoms with Gasteiger partial charge in [-0.15, -0.1) is 0 Å². The Labute approximate surface area is 114 Å². The molecule has 0 amide bonds. The van der Waals surface area contributed by atoms with Gasteiger partial charge in [0.1, 0.15) is 5.69 Å². The van der Waals surface area contributed by atoms with Gasteiger partial charge in [-0.05, 0) is 36.8 Å². The van der Waals surface area contributed by atoms with Crippen molar-refractivity contribution in [1.82, 2.24) is 0 Å². The van der Waals surface area contributed by atoms with E-state index in [9.17, 15) is 14.9 Å². The highest BCUT2D eigenvalue weighted by Crippen LogP contribution is 2.27. The van der Waals surface area contributed by atoms with Crippen molar-refractivity contribution in [3.05, 3.63) is 63.7 Å². The Hall–Kier alpha value is -2.89. The molecule has 0 aliphatic carbocycles. The fraction of sp³-hybridized carbons (Fsp3) is 0.0714. The molecule has 102 valence electrons. The van der Waals surface area contributed by atoms with Crippen molar-refractivity contribution in [1.29, 1.82) is 0 Å². The van der Waals surface area contributed by atoms with Crippen molar-refractivity contribution in [2.24, 2.45) is 0 Å². The second-order valence-electron chi connectivity index (χ2n) is 4.23. The van der Waals surface area contributed by atoms with Crippen LogP contribution >= 0.6 is 0 Å². The lowest BCUT2D eigenvalue weighted by atomic mass is 10.1. The van der Waals surface area contributed by atoms with Gasteiger partial charge in [0.25, 0.3) is 5.69 Å². The molecule has 0 aliphatic heterocycles. The summed E-state index contributed by atoms with van der Waals surface area (Å²) >= 11 is 0. The predicted octanol–water partition coefficient (Wildman–Crippen LogP) is 3.35. The van der Waals surface area contributed by atoms with E-state index >= 15 is 0 Å². The van der Waals surface area contributed by atoms with E-state index in [1.54, 1.807) is 37.3 Å². The quantitative estimate of drug-likeness (QED) is 0.657. The van der Waals surface area contributed by atoms with Crippen molar-refractivity contribution < 1.29 is 14.8 Å². The van der Waals surface area contributed by atoms with Gasteiger partial charge >= 0.3 is 5.97 Å². The number of hydrogen-bond acceptors (Lipinski definition) is 4. The monoisotopic (exact) mass is 272 g/mol. The zero-order valence-corrected chi connectivity index (χ0v) is 10.7. The first kappa shape index (κ1) is 13.5. The van der Waals surface area contributed by atoms with Crippen molar-refractivity contribution in [2.45, 2.75) is 6.92 Å². The number of benzene rings is 2. The van der Waals surface area contributed by atoms with Crippen LogP contribution in [0.25, 0.3) is 0 Å². The van der Waals surface area contributed by atoms with Crippen LogP contribution < -0.4 is 5.32 Å². The van der Waals surface area contributed by atoms with Gasteiger partial charge in [-0.2, -0.15) is 0 Å². The molecule has 6 nitrogen and oxygen atoms in total. The molecule has 0 saturated heterocycles. The highest BCUT2D eigenvalue weighted by molar-refractivity contribution is 5.90. The Bertz CT molecular complexity index is 683. The number of anilines is 2. The summed E-state index contributed by atoms with van der Waals surface area (Å²) in [6, 6.07) is 11.0. The first-order valence-electron chi connectivity index (χ1n) is 5.83. The summed E-state index contributed by atoms with van der Waals surface area (Å²) in [4.78, 5) is 21.4. The lowest BCUT2D eigenvalue weighted by Crippen LogP contribution is -2.01. The van der Waals surface area contributed by atoms with Crippen molar-refractivity contribution >= 4 is 23.0 Å². The molecule has 0 heterocycles. The molecule has 2 aromatic rings. The summed E-state index contributed by atoms with van der Waals surface area (Å²) in [5, 5.41) is 22.8. The van der Waals surface area contributed by atoms with E-state index in [1.165, 1.54) is 12.1 Å². The third-order valence-corrected chi connectivity index (χ3v) is 2.84. The van der Waals surface area contributed by atoms with Crippen LogP contribution in [0.3, 0.4) is 0 Å². The molecule has 2 aromatic carbocycles. The molecule has 2 N–H and O–H groups in total. The highest BCUT2D eigenvalue weighted by Gasteiger charge is 2.13. The number of para-hydroxylation sites is 2. The highest BCUT2D eigenvalue weighted by atomic mass is 16.6. The fourth-order valence-corrected chi connectivity index (χ4v) is 1.88. The van der Waals surface area contributed by atoms with Crippen LogP contribution in [-0.2, 0) is 0 Å². The second-order valence-corrected chi connectivity index (χ2v) is 4.23. The van der Waals surface area contributed by atoms with E-state index < -0.39 is 10.9 Å². The molecule has 0 radical (unpaired) electrons. The summed E-state index contributed by atoms with van der Waals surface area (Å²) in [6.07, 6.45) is 0. The lowest BCUT2D eigenvalue weighted by Gasteiger charge is -2.09. The minimum absolute atomic E-state index is 0.0348. The molecular formula is C14H12N2O4. The molecular weight excluding hydrogens is 260 g/mol. The van der Waals surface area contributed by atoms with Gasteiger partial charge in [-0.1, -0.05) is 12.1 Å². The number of aryl methyl sites for hydroxylation is 1. The number of rotatable bonds is 4. The number of hydrogen-bond donors (Lipinski definition) is 2. The SMILES string of the molecule is Cc1cc(Nc2ccccc2[N+](=O)[O-])ccc1C(=O)O. The smallest absolute Gasteiger partial charge is 0.335 e. The zero-order valence-electron chi connectivity index (χ0n) is 10.7. The molecule has 0 bridgehead atoms. The second kappa shape index (κ2) is 5.40. The molecule has 6 heteroatoms. The van der Waals surface area contributed by atoms with Crippen molar-refractivity contribution in [3.63, 3.8) is 0 Å². The maximum Gasteiger partial charge on any atom is 0.335 e. The van der Waals surface area contributed by atoms with Gasteiger partial charge in [0, 0.05) is 11.8 Å². The predicted molar refractivity (Wildman–Crippen MR) is 74.5 cm³/mol. The first-order valence-corrected chi connectivity index (χ1v) is 5.83. The number of nitro groups is 1. The molecule has 0 unspecified atom stereocenters. The van der Waals surface area contributed by atoms with E-state index in [4.69, 9.17) is 5.11 Å². The maximum absolute atomic E-state index is 10.9. The van der Waals surface area contributed by atoms with Gasteiger partial charge < -0.3 is 10.4 Å². The van der Waals surface area contributed by atoms with Gasteiger partial charge in [0.15, 0.2) is 0 Å². The molecule has 0 spiro atoms.